The highest BCUT2D eigenvalue weighted by Crippen LogP contribution is 2.44. The Labute approximate surface area is 265 Å². The van der Waals surface area contributed by atoms with E-state index in [-0.39, 0.29) is 24.0 Å². The summed E-state index contributed by atoms with van der Waals surface area (Å²) < 4.78 is 0. The van der Waals surface area contributed by atoms with E-state index in [4.69, 9.17) is 11.0 Å². The number of aromatic nitrogens is 1. The Morgan fingerprint density at radius 2 is 1.87 bits per heavy atom. The standard InChI is InChI=1S/C35H42N8O2/c1-4-32(44)40-30-16-11-27(20-25-8-6-5-7-9-25)33(34(30)42-19-18-41(3)24(2)23-42)43(35(37)45)29-14-12-28(13-15-29)39-31-17-10-26(21-36)22-38-31/h4-11,16-17,22,24,28-29H,1,12-15,18-20,23H2,2-3H3,(H2,37,45)(H,38,39)(H,40,44)/t24-,28?,29?/m0/s1. The lowest BCUT2D eigenvalue weighted by atomic mass is 9.88. The van der Waals surface area contributed by atoms with Crippen LogP contribution in [0, 0.1) is 11.3 Å². The monoisotopic (exact) mass is 606 g/mol. The number of carbonyl (C=O) groups excluding carboxylic acids is 2. The van der Waals surface area contributed by atoms with E-state index in [9.17, 15) is 9.59 Å². The molecule has 1 aliphatic heterocycles. The van der Waals surface area contributed by atoms with Crippen LogP contribution in [-0.2, 0) is 11.2 Å². The summed E-state index contributed by atoms with van der Waals surface area (Å²) in [4.78, 5) is 37.0. The minimum atomic E-state index is -0.509. The second-order valence-corrected chi connectivity index (χ2v) is 12.0. The number of benzene rings is 2. The Balaban J connectivity index is 1.53. The molecule has 45 heavy (non-hydrogen) atoms. The van der Waals surface area contributed by atoms with Gasteiger partial charge in [0.15, 0.2) is 0 Å². The van der Waals surface area contributed by atoms with Crippen LogP contribution in [0.2, 0.25) is 0 Å². The molecule has 2 fully saturated rings. The highest BCUT2D eigenvalue weighted by atomic mass is 16.2. The van der Waals surface area contributed by atoms with Crippen molar-refractivity contribution in [2.45, 2.75) is 57.2 Å². The normalized spacial score (nSPS) is 20.1. The zero-order valence-electron chi connectivity index (χ0n) is 26.1. The first-order valence-electron chi connectivity index (χ1n) is 15.6. The maximum absolute atomic E-state index is 13.5. The molecule has 10 nitrogen and oxygen atoms in total. The molecule has 1 atom stereocenters. The van der Waals surface area contributed by atoms with Crippen LogP contribution in [0.25, 0.3) is 0 Å². The summed E-state index contributed by atoms with van der Waals surface area (Å²) in [5.74, 6) is 0.417. The molecule has 5 rings (SSSR count). The van der Waals surface area contributed by atoms with Crippen molar-refractivity contribution in [2.24, 2.45) is 5.73 Å². The number of rotatable bonds is 9. The summed E-state index contributed by atoms with van der Waals surface area (Å²) in [7, 11) is 2.12. The summed E-state index contributed by atoms with van der Waals surface area (Å²) in [6.45, 7) is 8.15. The maximum Gasteiger partial charge on any atom is 0.319 e. The summed E-state index contributed by atoms with van der Waals surface area (Å²) in [5.41, 5.74) is 11.1. The molecule has 2 aliphatic rings. The molecule has 1 saturated heterocycles. The van der Waals surface area contributed by atoms with E-state index in [0.29, 0.717) is 17.7 Å². The van der Waals surface area contributed by atoms with Gasteiger partial charge in [0.05, 0.1) is 22.6 Å². The van der Waals surface area contributed by atoms with Gasteiger partial charge in [-0.05, 0) is 81.5 Å². The second-order valence-electron chi connectivity index (χ2n) is 12.0. The van der Waals surface area contributed by atoms with Gasteiger partial charge in [0, 0.05) is 44.0 Å². The van der Waals surface area contributed by atoms with Gasteiger partial charge in [-0.3, -0.25) is 9.69 Å². The highest BCUT2D eigenvalue weighted by Gasteiger charge is 2.35. The van der Waals surface area contributed by atoms with E-state index < -0.39 is 6.03 Å². The molecule has 1 aliphatic carbocycles. The minimum Gasteiger partial charge on any atom is -0.367 e. The average Bonchev–Trinajstić information content (AvgIpc) is 3.05. The quantitative estimate of drug-likeness (QED) is 0.288. The molecule has 2 aromatic carbocycles. The van der Waals surface area contributed by atoms with E-state index in [1.54, 1.807) is 17.2 Å². The number of urea groups is 1. The number of amides is 3. The molecule has 0 radical (unpaired) electrons. The third-order valence-electron chi connectivity index (χ3n) is 8.98. The number of piperazine rings is 1. The first kappa shape index (κ1) is 31.5. The summed E-state index contributed by atoms with van der Waals surface area (Å²) in [6.07, 6.45) is 6.54. The molecule has 234 valence electrons. The van der Waals surface area contributed by atoms with Crippen LogP contribution in [0.15, 0.2) is 73.4 Å². The van der Waals surface area contributed by atoms with Gasteiger partial charge in [-0.25, -0.2) is 9.78 Å². The summed E-state index contributed by atoms with van der Waals surface area (Å²) in [5, 5.41) is 15.6. The van der Waals surface area contributed by atoms with Crippen molar-refractivity contribution in [3.8, 4) is 6.07 Å². The van der Waals surface area contributed by atoms with E-state index in [1.165, 1.54) is 6.08 Å². The van der Waals surface area contributed by atoms with Crippen LogP contribution < -0.4 is 26.2 Å². The fraction of sp³-hybridized carbons (Fsp3) is 0.371. The topological polar surface area (TPSA) is 131 Å². The number of primary amides is 1. The van der Waals surface area contributed by atoms with Crippen LogP contribution in [0.5, 0.6) is 0 Å². The van der Waals surface area contributed by atoms with Gasteiger partial charge in [0.25, 0.3) is 0 Å². The number of carbonyl (C=O) groups is 2. The van der Waals surface area contributed by atoms with Crippen LogP contribution in [0.4, 0.5) is 27.7 Å². The molecule has 1 saturated carbocycles. The van der Waals surface area contributed by atoms with Gasteiger partial charge in [0.2, 0.25) is 5.91 Å². The third kappa shape index (κ3) is 7.44. The first-order valence-corrected chi connectivity index (χ1v) is 15.6. The van der Waals surface area contributed by atoms with E-state index >= 15 is 0 Å². The van der Waals surface area contributed by atoms with Crippen molar-refractivity contribution >= 4 is 34.8 Å². The third-order valence-corrected chi connectivity index (χ3v) is 8.98. The van der Waals surface area contributed by atoms with Gasteiger partial charge in [-0.2, -0.15) is 5.26 Å². The lowest BCUT2D eigenvalue weighted by Gasteiger charge is -2.43. The Morgan fingerprint density at radius 3 is 2.49 bits per heavy atom. The molecule has 4 N–H and O–H groups in total. The van der Waals surface area contributed by atoms with Crippen LogP contribution in [0.1, 0.15) is 49.3 Å². The largest absolute Gasteiger partial charge is 0.367 e. The van der Waals surface area contributed by atoms with Gasteiger partial charge >= 0.3 is 6.03 Å². The molecule has 2 heterocycles. The number of likely N-dealkylation sites (N-methyl/N-ethyl adjacent to an activating group) is 1. The Morgan fingerprint density at radius 1 is 1.11 bits per heavy atom. The second kappa shape index (κ2) is 14.3. The molecule has 10 heteroatoms. The lowest BCUT2D eigenvalue weighted by Crippen LogP contribution is -2.52. The van der Waals surface area contributed by atoms with Gasteiger partial charge in [-0.15, -0.1) is 0 Å². The lowest BCUT2D eigenvalue weighted by molar-refractivity contribution is -0.111. The Bertz CT molecular complexity index is 1540. The van der Waals surface area contributed by atoms with Crippen molar-refractivity contribution in [3.63, 3.8) is 0 Å². The number of nitriles is 1. The number of nitrogens with one attached hydrogen (secondary N) is 2. The zero-order chi connectivity index (χ0) is 31.9. The summed E-state index contributed by atoms with van der Waals surface area (Å²) in [6, 6.07) is 19.6. The fourth-order valence-corrected chi connectivity index (χ4v) is 6.41. The van der Waals surface area contributed by atoms with Crippen molar-refractivity contribution in [2.75, 3.05) is 47.1 Å². The van der Waals surface area contributed by atoms with Crippen LogP contribution >= 0.6 is 0 Å². The van der Waals surface area contributed by atoms with Crippen molar-refractivity contribution in [3.05, 3.63) is 90.1 Å². The van der Waals surface area contributed by atoms with Gasteiger partial charge in [0.1, 0.15) is 11.9 Å². The van der Waals surface area contributed by atoms with Crippen LogP contribution in [0.3, 0.4) is 0 Å². The number of nitrogens with two attached hydrogens (primary N) is 1. The van der Waals surface area contributed by atoms with E-state index in [0.717, 1.165) is 73.6 Å². The SMILES string of the molecule is C=CC(=O)Nc1ccc(Cc2ccccc2)c(N(C(N)=O)C2CCC(Nc3ccc(C#N)cn3)CC2)c1N1CCN(C)[C@@H](C)C1. The number of anilines is 4. The van der Waals surface area contributed by atoms with Crippen LogP contribution in [-0.4, -0.2) is 66.6 Å². The van der Waals surface area contributed by atoms with E-state index in [1.807, 2.05) is 36.4 Å². The van der Waals surface area contributed by atoms with Crippen molar-refractivity contribution < 1.29 is 9.59 Å². The van der Waals surface area contributed by atoms with Gasteiger partial charge < -0.3 is 26.2 Å². The minimum absolute atomic E-state index is 0.127. The number of hydrogen-bond donors (Lipinski definition) is 3. The maximum atomic E-state index is 13.5. The predicted molar refractivity (Wildman–Crippen MR) is 180 cm³/mol. The van der Waals surface area contributed by atoms with Crippen molar-refractivity contribution in [1.82, 2.24) is 9.88 Å². The molecular formula is C35H42N8O2. The first-order chi connectivity index (χ1) is 21.8. The predicted octanol–water partition coefficient (Wildman–Crippen LogP) is 5.12. The van der Waals surface area contributed by atoms with Gasteiger partial charge in [-0.1, -0.05) is 43.0 Å². The average molecular weight is 607 g/mol. The molecule has 3 aromatic rings. The smallest absolute Gasteiger partial charge is 0.319 e. The molecule has 0 unspecified atom stereocenters. The molecule has 0 bridgehead atoms. The number of nitrogens with zero attached hydrogens (tertiary/aromatic N) is 5. The van der Waals surface area contributed by atoms with Crippen molar-refractivity contribution in [1.29, 1.82) is 5.26 Å². The number of hydrogen-bond acceptors (Lipinski definition) is 7. The fourth-order valence-electron chi connectivity index (χ4n) is 6.41. The molecular weight excluding hydrogens is 564 g/mol. The Kier molecular flexibility index (Phi) is 10.0. The Hall–Kier alpha value is -4.88. The number of pyridine rings is 1. The molecule has 1 aromatic heterocycles. The molecule has 3 amide bonds. The zero-order valence-corrected chi connectivity index (χ0v) is 26.1. The molecule has 0 spiro atoms. The summed E-state index contributed by atoms with van der Waals surface area (Å²) >= 11 is 0. The van der Waals surface area contributed by atoms with E-state index in [2.05, 4.69) is 64.2 Å². The highest BCUT2D eigenvalue weighted by molar-refractivity contribution is 6.06.